The Morgan fingerprint density at radius 2 is 2.22 bits per heavy atom. The van der Waals surface area contributed by atoms with Gasteiger partial charge in [0, 0.05) is 43.8 Å². The Bertz CT molecular complexity index is 755. The van der Waals surface area contributed by atoms with Crippen molar-refractivity contribution in [3.05, 3.63) is 60.7 Å². The van der Waals surface area contributed by atoms with E-state index in [1.54, 1.807) is 48.7 Å². The maximum absolute atomic E-state index is 12.3. The molecule has 1 heterocycles. The van der Waals surface area contributed by atoms with E-state index in [4.69, 9.17) is 0 Å². The molecule has 2 rings (SSSR count). The standard InChI is InChI=1S/C17H20N4O2/c1-12(21(3)10-9-18-2)11-20-17(23)14-7-6-13-5-4-8-19-15(13)16(14)22/h4-10,18,22H,1,11H2,2-3H3,(H,20,23)/b10-9-. The minimum absolute atomic E-state index is 0.116. The predicted molar refractivity (Wildman–Crippen MR) is 90.8 cm³/mol. The molecule has 1 amide bonds. The Morgan fingerprint density at radius 1 is 1.43 bits per heavy atom. The number of benzene rings is 1. The molecule has 0 saturated heterocycles. The fourth-order valence-electron chi connectivity index (χ4n) is 2.01. The molecule has 0 atom stereocenters. The average molecular weight is 312 g/mol. The van der Waals surface area contributed by atoms with Gasteiger partial charge >= 0.3 is 0 Å². The summed E-state index contributed by atoms with van der Waals surface area (Å²) in [5.74, 6) is -0.489. The quantitative estimate of drug-likeness (QED) is 0.758. The van der Waals surface area contributed by atoms with Crippen LogP contribution in [0.1, 0.15) is 10.4 Å². The zero-order valence-corrected chi connectivity index (χ0v) is 13.2. The first-order valence-corrected chi connectivity index (χ1v) is 7.14. The van der Waals surface area contributed by atoms with Crippen LogP contribution in [0.15, 0.2) is 55.1 Å². The molecule has 1 aromatic carbocycles. The second-order valence-electron chi connectivity index (χ2n) is 5.00. The Morgan fingerprint density at radius 3 is 2.96 bits per heavy atom. The number of aromatic hydroxyl groups is 1. The molecule has 0 aliphatic carbocycles. The maximum atomic E-state index is 12.3. The molecular weight excluding hydrogens is 292 g/mol. The van der Waals surface area contributed by atoms with E-state index < -0.39 is 0 Å². The van der Waals surface area contributed by atoms with E-state index in [0.29, 0.717) is 11.2 Å². The lowest BCUT2D eigenvalue weighted by Gasteiger charge is -2.17. The lowest BCUT2D eigenvalue weighted by atomic mass is 10.1. The first-order valence-electron chi connectivity index (χ1n) is 7.14. The van der Waals surface area contributed by atoms with Gasteiger partial charge in [0.15, 0.2) is 5.75 Å². The van der Waals surface area contributed by atoms with Crippen molar-refractivity contribution in [2.24, 2.45) is 0 Å². The normalized spacial score (nSPS) is 10.7. The Hall–Kier alpha value is -3.02. The summed E-state index contributed by atoms with van der Waals surface area (Å²) in [6.45, 7) is 4.17. The van der Waals surface area contributed by atoms with Crippen molar-refractivity contribution < 1.29 is 9.90 Å². The van der Waals surface area contributed by atoms with Gasteiger partial charge in [-0.15, -0.1) is 0 Å². The Kier molecular flexibility index (Phi) is 5.19. The molecule has 0 fully saturated rings. The monoisotopic (exact) mass is 312 g/mol. The molecule has 23 heavy (non-hydrogen) atoms. The minimum atomic E-state index is -0.373. The van der Waals surface area contributed by atoms with Crippen molar-refractivity contribution in [3.8, 4) is 5.75 Å². The minimum Gasteiger partial charge on any atom is -0.505 e. The molecule has 0 unspecified atom stereocenters. The van der Waals surface area contributed by atoms with E-state index in [9.17, 15) is 9.90 Å². The number of pyridine rings is 1. The van der Waals surface area contributed by atoms with Crippen LogP contribution in [0.3, 0.4) is 0 Å². The third kappa shape index (κ3) is 3.79. The average Bonchev–Trinajstić information content (AvgIpc) is 2.57. The van der Waals surface area contributed by atoms with Crippen LogP contribution in [0.2, 0.25) is 0 Å². The number of carbonyl (C=O) groups is 1. The van der Waals surface area contributed by atoms with Crippen LogP contribution in [0.25, 0.3) is 10.9 Å². The highest BCUT2D eigenvalue weighted by molar-refractivity contribution is 6.02. The van der Waals surface area contributed by atoms with Crippen molar-refractivity contribution in [1.29, 1.82) is 0 Å². The number of hydrogen-bond acceptors (Lipinski definition) is 5. The van der Waals surface area contributed by atoms with Gasteiger partial charge in [0.25, 0.3) is 5.91 Å². The molecule has 6 nitrogen and oxygen atoms in total. The number of rotatable bonds is 6. The van der Waals surface area contributed by atoms with Crippen LogP contribution < -0.4 is 10.6 Å². The number of carbonyl (C=O) groups excluding carboxylic acids is 1. The zero-order chi connectivity index (χ0) is 16.8. The second kappa shape index (κ2) is 7.31. The second-order valence-corrected chi connectivity index (χ2v) is 5.00. The number of amides is 1. The van der Waals surface area contributed by atoms with Gasteiger partial charge < -0.3 is 20.6 Å². The number of nitrogens with zero attached hydrogens (tertiary/aromatic N) is 2. The van der Waals surface area contributed by atoms with Crippen LogP contribution >= 0.6 is 0 Å². The lowest BCUT2D eigenvalue weighted by Crippen LogP contribution is -2.29. The topological polar surface area (TPSA) is 77.5 Å². The molecule has 0 saturated carbocycles. The van der Waals surface area contributed by atoms with Crippen molar-refractivity contribution in [3.63, 3.8) is 0 Å². The number of nitrogens with one attached hydrogen (secondary N) is 2. The van der Waals surface area contributed by atoms with Crippen molar-refractivity contribution >= 4 is 16.8 Å². The van der Waals surface area contributed by atoms with E-state index in [0.717, 1.165) is 5.39 Å². The molecule has 0 bridgehead atoms. The van der Waals surface area contributed by atoms with Crippen LogP contribution in [-0.4, -0.2) is 41.5 Å². The highest BCUT2D eigenvalue weighted by Crippen LogP contribution is 2.26. The summed E-state index contributed by atoms with van der Waals surface area (Å²) in [6.07, 6.45) is 5.13. The molecule has 0 aliphatic rings. The van der Waals surface area contributed by atoms with E-state index in [2.05, 4.69) is 22.2 Å². The number of phenols is 1. The van der Waals surface area contributed by atoms with Gasteiger partial charge in [0.05, 0.1) is 12.1 Å². The van der Waals surface area contributed by atoms with Gasteiger partial charge in [-0.05, 0) is 12.1 Å². The van der Waals surface area contributed by atoms with Crippen molar-refractivity contribution in [2.45, 2.75) is 0 Å². The van der Waals surface area contributed by atoms with Gasteiger partial charge in [-0.2, -0.15) is 0 Å². The van der Waals surface area contributed by atoms with Gasteiger partial charge in [0.2, 0.25) is 0 Å². The molecule has 3 N–H and O–H groups in total. The molecule has 2 aromatic rings. The van der Waals surface area contributed by atoms with Gasteiger partial charge in [-0.25, -0.2) is 0 Å². The van der Waals surface area contributed by atoms with Crippen LogP contribution in [0.4, 0.5) is 0 Å². The van der Waals surface area contributed by atoms with Crippen LogP contribution in [-0.2, 0) is 0 Å². The number of hydrogen-bond donors (Lipinski definition) is 3. The number of fused-ring (bicyclic) bond motifs is 1. The number of phenolic OH excluding ortho intramolecular Hbond substituents is 1. The summed E-state index contributed by atoms with van der Waals surface area (Å²) in [6, 6.07) is 6.95. The van der Waals surface area contributed by atoms with E-state index in [-0.39, 0.29) is 23.8 Å². The van der Waals surface area contributed by atoms with E-state index in [1.807, 2.05) is 13.1 Å². The Balaban J connectivity index is 2.08. The van der Waals surface area contributed by atoms with Crippen LogP contribution in [0, 0.1) is 0 Å². The lowest BCUT2D eigenvalue weighted by molar-refractivity contribution is 0.0953. The fourth-order valence-corrected chi connectivity index (χ4v) is 2.01. The molecule has 0 aliphatic heterocycles. The summed E-state index contributed by atoms with van der Waals surface area (Å²) in [5.41, 5.74) is 1.31. The predicted octanol–water partition coefficient (Wildman–Crippen LogP) is 1.81. The van der Waals surface area contributed by atoms with Gasteiger partial charge in [-0.1, -0.05) is 18.7 Å². The van der Waals surface area contributed by atoms with E-state index >= 15 is 0 Å². The Labute approximate surface area is 135 Å². The SMILES string of the molecule is C=C(CNC(=O)c1ccc2cccnc2c1O)N(C)/C=C\NC. The fraction of sp³-hybridized carbons (Fsp3) is 0.176. The molecule has 0 radical (unpaired) electrons. The first-order chi connectivity index (χ1) is 11.0. The molecular formula is C17H20N4O2. The molecule has 120 valence electrons. The third-order valence-corrected chi connectivity index (χ3v) is 3.41. The van der Waals surface area contributed by atoms with Crippen molar-refractivity contribution in [1.82, 2.24) is 20.5 Å². The molecule has 6 heteroatoms. The molecule has 0 spiro atoms. The highest BCUT2D eigenvalue weighted by Gasteiger charge is 2.14. The zero-order valence-electron chi connectivity index (χ0n) is 13.2. The van der Waals surface area contributed by atoms with E-state index in [1.165, 1.54) is 0 Å². The summed E-state index contributed by atoms with van der Waals surface area (Å²) < 4.78 is 0. The largest absolute Gasteiger partial charge is 0.505 e. The number of likely N-dealkylation sites (N-methyl/N-ethyl adjacent to an activating group) is 1. The summed E-state index contributed by atoms with van der Waals surface area (Å²) in [5, 5.41) is 16.6. The maximum Gasteiger partial charge on any atom is 0.255 e. The van der Waals surface area contributed by atoms with Crippen molar-refractivity contribution in [2.75, 3.05) is 20.6 Å². The van der Waals surface area contributed by atoms with Gasteiger partial charge in [-0.3, -0.25) is 9.78 Å². The summed E-state index contributed by atoms with van der Waals surface area (Å²) in [4.78, 5) is 18.2. The smallest absolute Gasteiger partial charge is 0.255 e. The summed E-state index contributed by atoms with van der Waals surface area (Å²) >= 11 is 0. The van der Waals surface area contributed by atoms with Crippen LogP contribution in [0.5, 0.6) is 5.75 Å². The highest BCUT2D eigenvalue weighted by atomic mass is 16.3. The molecule has 1 aromatic heterocycles. The first kappa shape index (κ1) is 16.4. The third-order valence-electron chi connectivity index (χ3n) is 3.41. The van der Waals surface area contributed by atoms with Gasteiger partial charge in [0.1, 0.15) is 5.52 Å². The number of aromatic nitrogens is 1. The summed E-state index contributed by atoms with van der Waals surface area (Å²) in [7, 11) is 3.63.